The maximum atomic E-state index is 12.4. The lowest BCUT2D eigenvalue weighted by Gasteiger charge is -2.36. The normalized spacial score (nSPS) is 14.5. The molecule has 0 radical (unpaired) electrons. The topological polar surface area (TPSA) is 70.5 Å². The number of benzene rings is 1. The lowest BCUT2D eigenvalue weighted by atomic mass is 10.2. The summed E-state index contributed by atoms with van der Waals surface area (Å²) in [5.41, 5.74) is 2.51. The molecule has 0 aliphatic carbocycles. The SMILES string of the molecule is Cc1nn(C)c(Cl)c1/C=C/C(=O)NCC(=O)N1CCN(c2ccc(Cl)cc2)CC1. The maximum Gasteiger partial charge on any atom is 0.244 e. The van der Waals surface area contributed by atoms with Crippen molar-refractivity contribution in [3.63, 3.8) is 0 Å². The van der Waals surface area contributed by atoms with Crippen LogP contribution in [0.3, 0.4) is 0 Å². The summed E-state index contributed by atoms with van der Waals surface area (Å²) in [6.07, 6.45) is 2.97. The second-order valence-corrected chi connectivity index (χ2v) is 7.60. The van der Waals surface area contributed by atoms with Crippen LogP contribution in [0.1, 0.15) is 11.3 Å². The first-order valence-electron chi connectivity index (χ1n) is 9.28. The molecule has 1 aliphatic rings. The van der Waals surface area contributed by atoms with Gasteiger partial charge in [-0.1, -0.05) is 23.2 Å². The zero-order chi connectivity index (χ0) is 21.0. The van der Waals surface area contributed by atoms with Crippen LogP contribution in [0.15, 0.2) is 30.3 Å². The number of anilines is 1. The van der Waals surface area contributed by atoms with Crippen LogP contribution < -0.4 is 10.2 Å². The van der Waals surface area contributed by atoms with Crippen LogP contribution in [0.25, 0.3) is 6.08 Å². The molecule has 2 heterocycles. The Morgan fingerprint density at radius 1 is 1.14 bits per heavy atom. The third-order valence-corrected chi connectivity index (χ3v) is 5.54. The van der Waals surface area contributed by atoms with Gasteiger partial charge in [-0.25, -0.2) is 0 Å². The zero-order valence-electron chi connectivity index (χ0n) is 16.4. The predicted octanol–water partition coefficient (Wildman–Crippen LogP) is 2.51. The lowest BCUT2D eigenvalue weighted by molar-refractivity contribution is -0.132. The highest BCUT2D eigenvalue weighted by atomic mass is 35.5. The van der Waals surface area contributed by atoms with Gasteiger partial charge in [0.2, 0.25) is 11.8 Å². The Morgan fingerprint density at radius 2 is 1.79 bits per heavy atom. The van der Waals surface area contributed by atoms with Gasteiger partial charge in [-0.3, -0.25) is 14.3 Å². The molecule has 0 spiro atoms. The molecule has 1 aliphatic heterocycles. The Morgan fingerprint density at radius 3 is 2.38 bits per heavy atom. The van der Waals surface area contributed by atoms with E-state index in [4.69, 9.17) is 23.2 Å². The molecule has 1 fully saturated rings. The predicted molar refractivity (Wildman–Crippen MR) is 115 cm³/mol. The van der Waals surface area contributed by atoms with Gasteiger partial charge in [-0.15, -0.1) is 0 Å². The van der Waals surface area contributed by atoms with Crippen LogP contribution in [-0.4, -0.2) is 59.2 Å². The van der Waals surface area contributed by atoms with Gasteiger partial charge >= 0.3 is 0 Å². The zero-order valence-corrected chi connectivity index (χ0v) is 17.9. The quantitative estimate of drug-likeness (QED) is 0.732. The van der Waals surface area contributed by atoms with Crippen molar-refractivity contribution in [3.8, 4) is 0 Å². The molecule has 9 heteroatoms. The maximum absolute atomic E-state index is 12.4. The molecular formula is C20H23Cl2N5O2. The summed E-state index contributed by atoms with van der Waals surface area (Å²) in [6.45, 7) is 4.47. The Balaban J connectivity index is 1.45. The van der Waals surface area contributed by atoms with Crippen LogP contribution in [0.2, 0.25) is 10.2 Å². The van der Waals surface area contributed by atoms with Gasteiger partial charge in [0, 0.05) is 55.6 Å². The molecule has 3 rings (SSSR count). The minimum atomic E-state index is -0.350. The fourth-order valence-corrected chi connectivity index (χ4v) is 3.56. The number of piperazine rings is 1. The fourth-order valence-electron chi connectivity index (χ4n) is 3.19. The Hall–Kier alpha value is -2.51. The van der Waals surface area contributed by atoms with Crippen molar-refractivity contribution in [2.45, 2.75) is 6.92 Å². The van der Waals surface area contributed by atoms with Crippen molar-refractivity contribution in [1.82, 2.24) is 20.0 Å². The number of nitrogens with zero attached hydrogens (tertiary/aromatic N) is 4. The number of rotatable bonds is 5. The highest BCUT2D eigenvalue weighted by molar-refractivity contribution is 6.31. The third kappa shape index (κ3) is 5.31. The largest absolute Gasteiger partial charge is 0.368 e. The number of amides is 2. The first kappa shape index (κ1) is 21.2. The molecule has 0 bridgehead atoms. The van der Waals surface area contributed by atoms with Gasteiger partial charge in [0.05, 0.1) is 12.2 Å². The molecular weight excluding hydrogens is 413 g/mol. The standard InChI is InChI=1S/C20H23Cl2N5O2/c1-14-17(20(22)25(2)24-14)7-8-18(28)23-13-19(29)27-11-9-26(10-12-27)16-5-3-15(21)4-6-16/h3-8H,9-13H2,1-2H3,(H,23,28)/b8-7+. The Labute approximate surface area is 179 Å². The minimum absolute atomic E-state index is 0.0378. The summed E-state index contributed by atoms with van der Waals surface area (Å²) in [4.78, 5) is 28.4. The van der Waals surface area contributed by atoms with E-state index in [1.807, 2.05) is 31.2 Å². The molecule has 0 saturated carbocycles. The Bertz CT molecular complexity index is 916. The molecule has 0 atom stereocenters. The summed E-state index contributed by atoms with van der Waals surface area (Å²) in [6, 6.07) is 7.67. The summed E-state index contributed by atoms with van der Waals surface area (Å²) in [5, 5.41) is 7.98. The van der Waals surface area contributed by atoms with Crippen molar-refractivity contribution >= 4 is 46.8 Å². The van der Waals surface area contributed by atoms with Crippen LogP contribution in [0.5, 0.6) is 0 Å². The van der Waals surface area contributed by atoms with E-state index in [-0.39, 0.29) is 18.4 Å². The summed E-state index contributed by atoms with van der Waals surface area (Å²) in [5.74, 6) is -0.449. The van der Waals surface area contributed by atoms with Crippen LogP contribution >= 0.6 is 23.2 Å². The van der Waals surface area contributed by atoms with E-state index in [0.29, 0.717) is 28.8 Å². The summed E-state index contributed by atoms with van der Waals surface area (Å²) in [7, 11) is 1.73. The summed E-state index contributed by atoms with van der Waals surface area (Å²) < 4.78 is 1.54. The van der Waals surface area contributed by atoms with E-state index in [2.05, 4.69) is 15.3 Å². The van der Waals surface area contributed by atoms with Crippen molar-refractivity contribution in [1.29, 1.82) is 0 Å². The van der Waals surface area contributed by atoms with Gasteiger partial charge < -0.3 is 15.1 Å². The van der Waals surface area contributed by atoms with Gasteiger partial charge in [0.1, 0.15) is 5.15 Å². The van der Waals surface area contributed by atoms with Gasteiger partial charge in [-0.2, -0.15) is 5.10 Å². The highest BCUT2D eigenvalue weighted by Crippen LogP contribution is 2.20. The smallest absolute Gasteiger partial charge is 0.244 e. The van der Waals surface area contributed by atoms with Crippen molar-refractivity contribution < 1.29 is 9.59 Å². The number of carbonyl (C=O) groups is 2. The van der Waals surface area contributed by atoms with Crippen molar-refractivity contribution in [2.24, 2.45) is 7.05 Å². The molecule has 1 saturated heterocycles. The minimum Gasteiger partial charge on any atom is -0.368 e. The molecule has 0 unspecified atom stereocenters. The first-order chi connectivity index (χ1) is 13.8. The van der Waals surface area contributed by atoms with E-state index in [9.17, 15) is 9.59 Å². The van der Waals surface area contributed by atoms with Crippen LogP contribution in [-0.2, 0) is 16.6 Å². The fraction of sp³-hybridized carbons (Fsp3) is 0.350. The first-order valence-corrected chi connectivity index (χ1v) is 10.0. The van der Waals surface area contributed by atoms with Crippen LogP contribution in [0, 0.1) is 6.92 Å². The number of nitrogens with one attached hydrogen (secondary N) is 1. The second kappa shape index (κ2) is 9.33. The molecule has 1 N–H and O–H groups in total. The Kier molecular flexibility index (Phi) is 6.82. The number of hydrogen-bond acceptors (Lipinski definition) is 4. The van der Waals surface area contributed by atoms with E-state index in [0.717, 1.165) is 24.5 Å². The van der Waals surface area contributed by atoms with E-state index < -0.39 is 0 Å². The summed E-state index contributed by atoms with van der Waals surface area (Å²) >= 11 is 12.1. The highest BCUT2D eigenvalue weighted by Gasteiger charge is 2.21. The van der Waals surface area contributed by atoms with E-state index in [1.165, 1.54) is 6.08 Å². The lowest BCUT2D eigenvalue weighted by Crippen LogP contribution is -2.51. The van der Waals surface area contributed by atoms with Gasteiger partial charge in [-0.05, 0) is 37.3 Å². The van der Waals surface area contributed by atoms with E-state index >= 15 is 0 Å². The van der Waals surface area contributed by atoms with Gasteiger partial charge in [0.25, 0.3) is 0 Å². The number of halogens is 2. The number of aryl methyl sites for hydroxylation is 2. The average molecular weight is 436 g/mol. The molecule has 2 aromatic rings. The molecule has 154 valence electrons. The van der Waals surface area contributed by atoms with E-state index in [1.54, 1.807) is 22.7 Å². The van der Waals surface area contributed by atoms with Crippen molar-refractivity contribution in [2.75, 3.05) is 37.6 Å². The number of carbonyl (C=O) groups excluding carboxylic acids is 2. The molecule has 2 amide bonds. The molecule has 29 heavy (non-hydrogen) atoms. The second-order valence-electron chi connectivity index (χ2n) is 6.81. The van der Waals surface area contributed by atoms with Crippen LogP contribution in [0.4, 0.5) is 5.69 Å². The third-order valence-electron chi connectivity index (χ3n) is 4.84. The number of hydrogen-bond donors (Lipinski definition) is 1. The molecule has 1 aromatic heterocycles. The molecule has 1 aromatic carbocycles. The number of aromatic nitrogens is 2. The average Bonchev–Trinajstić information content (AvgIpc) is 2.96. The molecule has 7 nitrogen and oxygen atoms in total. The van der Waals surface area contributed by atoms with Gasteiger partial charge in [0.15, 0.2) is 0 Å². The van der Waals surface area contributed by atoms with Crippen molar-refractivity contribution in [3.05, 3.63) is 51.8 Å². The monoisotopic (exact) mass is 435 g/mol.